The number of rotatable bonds is 7. The molecule has 0 atom stereocenters. The first kappa shape index (κ1) is 18.0. The van der Waals surface area contributed by atoms with E-state index in [1.54, 1.807) is 29.9 Å². The highest BCUT2D eigenvalue weighted by atomic mass is 32.2. The van der Waals surface area contributed by atoms with Crippen molar-refractivity contribution >= 4 is 23.4 Å². The number of pyridine rings is 1. The van der Waals surface area contributed by atoms with Crippen LogP contribution < -0.4 is 9.64 Å². The Morgan fingerprint density at radius 3 is 2.35 bits per heavy atom. The van der Waals surface area contributed by atoms with Crippen LogP contribution in [-0.4, -0.2) is 23.7 Å². The number of para-hydroxylation sites is 1. The zero-order chi connectivity index (χ0) is 18.2. The average Bonchev–Trinajstić information content (AvgIpc) is 2.69. The molecule has 3 aromatic rings. The van der Waals surface area contributed by atoms with Crippen LogP contribution in [0.5, 0.6) is 11.5 Å². The van der Waals surface area contributed by atoms with Crippen LogP contribution in [0.2, 0.25) is 0 Å². The summed E-state index contributed by atoms with van der Waals surface area (Å²) in [4.78, 5) is 18.3. The number of benzene rings is 2. The number of carbonyl (C=O) groups is 1. The first-order valence-corrected chi connectivity index (χ1v) is 9.45. The maximum atomic E-state index is 12.4. The van der Waals surface area contributed by atoms with Crippen molar-refractivity contribution < 1.29 is 9.53 Å². The van der Waals surface area contributed by atoms with Gasteiger partial charge in [0.15, 0.2) is 0 Å². The standard InChI is InChI=1S/C21H20N2O2S/c1-23(21(24)16-26-15-17-7-5-6-14-22-17)18-10-12-20(13-11-18)25-19-8-3-2-4-9-19/h2-14H,15-16H2,1H3. The summed E-state index contributed by atoms with van der Waals surface area (Å²) in [5.41, 5.74) is 1.82. The maximum absolute atomic E-state index is 12.4. The summed E-state index contributed by atoms with van der Waals surface area (Å²) < 4.78 is 5.77. The summed E-state index contributed by atoms with van der Waals surface area (Å²) in [6.07, 6.45) is 1.77. The van der Waals surface area contributed by atoms with Crippen molar-refractivity contribution in [1.82, 2.24) is 4.98 Å². The first-order valence-electron chi connectivity index (χ1n) is 8.29. The van der Waals surface area contributed by atoms with E-state index in [-0.39, 0.29) is 5.91 Å². The molecule has 1 heterocycles. The number of amides is 1. The molecule has 26 heavy (non-hydrogen) atoms. The Kier molecular flexibility index (Phi) is 6.28. The second-order valence-corrected chi connectivity index (χ2v) is 6.66. The van der Waals surface area contributed by atoms with E-state index >= 15 is 0 Å². The lowest BCUT2D eigenvalue weighted by Crippen LogP contribution is -2.27. The molecule has 0 aliphatic rings. The van der Waals surface area contributed by atoms with E-state index in [1.165, 1.54) is 0 Å². The minimum atomic E-state index is 0.0580. The van der Waals surface area contributed by atoms with E-state index in [4.69, 9.17) is 4.74 Å². The monoisotopic (exact) mass is 364 g/mol. The molecule has 0 saturated carbocycles. The van der Waals surface area contributed by atoms with Gasteiger partial charge in [-0.15, -0.1) is 11.8 Å². The number of aromatic nitrogens is 1. The molecule has 1 amide bonds. The molecule has 0 radical (unpaired) electrons. The van der Waals surface area contributed by atoms with Gasteiger partial charge in [-0.2, -0.15) is 0 Å². The second-order valence-electron chi connectivity index (χ2n) is 5.68. The third kappa shape index (κ3) is 5.10. The van der Waals surface area contributed by atoms with Gasteiger partial charge in [-0.05, 0) is 48.5 Å². The Labute approximate surface area is 157 Å². The molecule has 0 fully saturated rings. The molecule has 132 valence electrons. The Morgan fingerprint density at radius 1 is 0.962 bits per heavy atom. The van der Waals surface area contributed by atoms with E-state index in [0.717, 1.165) is 28.6 Å². The van der Waals surface area contributed by atoms with Gasteiger partial charge in [-0.1, -0.05) is 24.3 Å². The van der Waals surface area contributed by atoms with Crippen molar-refractivity contribution in [3.8, 4) is 11.5 Å². The molecule has 0 aliphatic heterocycles. The van der Waals surface area contributed by atoms with Crippen LogP contribution in [0.3, 0.4) is 0 Å². The molecule has 3 rings (SSSR count). The number of carbonyl (C=O) groups excluding carboxylic acids is 1. The van der Waals surface area contributed by atoms with Gasteiger partial charge in [-0.3, -0.25) is 9.78 Å². The van der Waals surface area contributed by atoms with Crippen LogP contribution in [-0.2, 0) is 10.5 Å². The molecule has 1 aromatic heterocycles. The van der Waals surface area contributed by atoms with Gasteiger partial charge in [-0.25, -0.2) is 0 Å². The summed E-state index contributed by atoms with van der Waals surface area (Å²) in [6, 6.07) is 22.9. The smallest absolute Gasteiger partial charge is 0.236 e. The van der Waals surface area contributed by atoms with Crippen molar-refractivity contribution in [3.63, 3.8) is 0 Å². The molecule has 0 saturated heterocycles. The van der Waals surface area contributed by atoms with Gasteiger partial charge in [0.25, 0.3) is 0 Å². The summed E-state index contributed by atoms with van der Waals surface area (Å²) >= 11 is 1.56. The van der Waals surface area contributed by atoms with E-state index < -0.39 is 0 Å². The zero-order valence-electron chi connectivity index (χ0n) is 14.5. The van der Waals surface area contributed by atoms with Crippen LogP contribution in [0.15, 0.2) is 79.0 Å². The molecule has 2 aromatic carbocycles. The quantitative estimate of drug-likeness (QED) is 0.606. The SMILES string of the molecule is CN(C(=O)CSCc1ccccn1)c1ccc(Oc2ccccc2)cc1. The highest BCUT2D eigenvalue weighted by molar-refractivity contribution is 7.99. The van der Waals surface area contributed by atoms with E-state index in [2.05, 4.69) is 4.98 Å². The van der Waals surface area contributed by atoms with Crippen molar-refractivity contribution in [2.24, 2.45) is 0 Å². The highest BCUT2D eigenvalue weighted by Crippen LogP contribution is 2.24. The molecular weight excluding hydrogens is 344 g/mol. The molecule has 4 nitrogen and oxygen atoms in total. The topological polar surface area (TPSA) is 42.4 Å². The Hall–Kier alpha value is -2.79. The molecule has 0 aliphatic carbocycles. The van der Waals surface area contributed by atoms with Crippen molar-refractivity contribution in [2.45, 2.75) is 5.75 Å². The lowest BCUT2D eigenvalue weighted by molar-refractivity contribution is -0.115. The molecule has 5 heteroatoms. The zero-order valence-corrected chi connectivity index (χ0v) is 15.4. The van der Waals surface area contributed by atoms with Gasteiger partial charge >= 0.3 is 0 Å². The first-order chi connectivity index (χ1) is 12.7. The average molecular weight is 364 g/mol. The summed E-state index contributed by atoms with van der Waals surface area (Å²) in [5, 5.41) is 0. The number of hydrogen-bond acceptors (Lipinski definition) is 4. The minimum Gasteiger partial charge on any atom is -0.457 e. The lowest BCUT2D eigenvalue weighted by Gasteiger charge is -2.17. The predicted molar refractivity (Wildman–Crippen MR) is 107 cm³/mol. The van der Waals surface area contributed by atoms with Gasteiger partial charge in [0, 0.05) is 24.7 Å². The van der Waals surface area contributed by atoms with Gasteiger partial charge in [0.1, 0.15) is 11.5 Å². The molecule has 0 unspecified atom stereocenters. The third-order valence-corrected chi connectivity index (χ3v) is 4.73. The number of ether oxygens (including phenoxy) is 1. The number of anilines is 1. The summed E-state index contributed by atoms with van der Waals surface area (Å²) in [7, 11) is 1.79. The molecule has 0 spiro atoms. The van der Waals surface area contributed by atoms with E-state index in [0.29, 0.717) is 5.75 Å². The number of hydrogen-bond donors (Lipinski definition) is 0. The Balaban J connectivity index is 1.52. The fourth-order valence-corrected chi connectivity index (χ4v) is 3.18. The van der Waals surface area contributed by atoms with Gasteiger partial charge in [0.05, 0.1) is 11.4 Å². The number of thioether (sulfide) groups is 1. The van der Waals surface area contributed by atoms with Crippen LogP contribution in [0.4, 0.5) is 5.69 Å². The van der Waals surface area contributed by atoms with Crippen LogP contribution in [0.25, 0.3) is 0 Å². The predicted octanol–water partition coefficient (Wildman–Crippen LogP) is 4.77. The summed E-state index contributed by atoms with van der Waals surface area (Å²) in [6.45, 7) is 0. The molecular formula is C21H20N2O2S. The number of nitrogens with zero attached hydrogens (tertiary/aromatic N) is 2. The largest absolute Gasteiger partial charge is 0.457 e. The van der Waals surface area contributed by atoms with Crippen molar-refractivity contribution in [3.05, 3.63) is 84.7 Å². The third-order valence-electron chi connectivity index (χ3n) is 3.78. The normalized spacial score (nSPS) is 10.3. The van der Waals surface area contributed by atoms with Crippen molar-refractivity contribution in [1.29, 1.82) is 0 Å². The van der Waals surface area contributed by atoms with E-state index in [9.17, 15) is 4.79 Å². The van der Waals surface area contributed by atoms with Gasteiger partial charge in [0.2, 0.25) is 5.91 Å². The second kappa shape index (κ2) is 9.06. The minimum absolute atomic E-state index is 0.0580. The van der Waals surface area contributed by atoms with Crippen LogP contribution >= 0.6 is 11.8 Å². The highest BCUT2D eigenvalue weighted by Gasteiger charge is 2.11. The van der Waals surface area contributed by atoms with Crippen LogP contribution in [0, 0.1) is 0 Å². The fraction of sp³-hybridized carbons (Fsp3) is 0.143. The van der Waals surface area contributed by atoms with Crippen molar-refractivity contribution in [2.75, 3.05) is 17.7 Å². The Morgan fingerprint density at radius 2 is 1.65 bits per heavy atom. The summed E-state index contributed by atoms with van der Waals surface area (Å²) in [5.74, 6) is 2.73. The lowest BCUT2D eigenvalue weighted by atomic mass is 10.2. The Bertz CT molecular complexity index is 824. The fourth-order valence-electron chi connectivity index (χ4n) is 2.33. The van der Waals surface area contributed by atoms with Gasteiger partial charge < -0.3 is 9.64 Å². The molecule has 0 N–H and O–H groups in total. The maximum Gasteiger partial charge on any atom is 0.236 e. The molecule has 0 bridgehead atoms. The van der Waals surface area contributed by atoms with Crippen LogP contribution in [0.1, 0.15) is 5.69 Å². The van der Waals surface area contributed by atoms with E-state index in [1.807, 2.05) is 72.8 Å².